The first kappa shape index (κ1) is 18.9. The van der Waals surface area contributed by atoms with Crippen LogP contribution in [-0.2, 0) is 14.6 Å². The van der Waals surface area contributed by atoms with E-state index >= 15 is 0 Å². The maximum atomic E-state index is 12.5. The average molecular weight is 375 g/mol. The van der Waals surface area contributed by atoms with Gasteiger partial charge < -0.3 is 10.2 Å². The topological polar surface area (TPSA) is 90.3 Å². The zero-order valence-electron chi connectivity index (χ0n) is 14.8. The molecule has 2 fully saturated rings. The molecule has 0 bridgehead atoms. The summed E-state index contributed by atoms with van der Waals surface area (Å²) < 4.78 is 25.0. The van der Waals surface area contributed by atoms with E-state index < -0.39 is 9.84 Å². The number of hydrogen-bond acceptors (Lipinski definition) is 5. The molecule has 1 saturated heterocycles. The molecule has 1 N–H and O–H groups in total. The zero-order chi connectivity index (χ0) is 18.6. The van der Waals surface area contributed by atoms with Gasteiger partial charge in [-0.1, -0.05) is 18.2 Å². The van der Waals surface area contributed by atoms with Gasteiger partial charge in [0.2, 0.25) is 5.91 Å². The van der Waals surface area contributed by atoms with Gasteiger partial charge in [-0.15, -0.1) is 0 Å². The molecule has 3 rings (SSSR count). The molecule has 26 heavy (non-hydrogen) atoms. The lowest BCUT2D eigenvalue weighted by atomic mass is 10.1. The molecular weight excluding hydrogens is 350 g/mol. The Hall–Kier alpha value is -1.91. The maximum absolute atomic E-state index is 12.5. The Labute approximate surface area is 155 Å². The molecule has 7 heteroatoms. The minimum absolute atomic E-state index is 0.0330. The van der Waals surface area contributed by atoms with E-state index in [2.05, 4.69) is 11.4 Å². The van der Waals surface area contributed by atoms with Crippen LogP contribution in [0.15, 0.2) is 35.2 Å². The van der Waals surface area contributed by atoms with Gasteiger partial charge >= 0.3 is 0 Å². The minimum Gasteiger partial charge on any atom is -0.326 e. The van der Waals surface area contributed by atoms with Crippen LogP contribution in [0.5, 0.6) is 0 Å². The first-order valence-corrected chi connectivity index (χ1v) is 10.8. The third-order valence-corrected chi connectivity index (χ3v) is 7.26. The predicted molar refractivity (Wildman–Crippen MR) is 98.0 cm³/mol. The van der Waals surface area contributed by atoms with Gasteiger partial charge in [-0.25, -0.2) is 8.42 Å². The number of likely N-dealkylation sites (tertiary alicyclic amines) is 1. The van der Waals surface area contributed by atoms with E-state index in [0.29, 0.717) is 11.4 Å². The van der Waals surface area contributed by atoms with Crippen LogP contribution in [0.25, 0.3) is 0 Å². The van der Waals surface area contributed by atoms with Crippen LogP contribution in [0.4, 0.5) is 0 Å². The second-order valence-electron chi connectivity index (χ2n) is 7.23. The van der Waals surface area contributed by atoms with Gasteiger partial charge in [0, 0.05) is 12.6 Å². The van der Waals surface area contributed by atoms with Gasteiger partial charge in [-0.05, 0) is 50.2 Å². The highest BCUT2D eigenvalue weighted by Crippen LogP contribution is 2.28. The Balaban J connectivity index is 1.47. The number of amides is 1. The number of rotatable bonds is 6. The summed E-state index contributed by atoms with van der Waals surface area (Å²) in [6.45, 7) is 0.877. The van der Waals surface area contributed by atoms with Crippen molar-refractivity contribution in [3.8, 4) is 6.07 Å². The molecule has 1 aromatic rings. The van der Waals surface area contributed by atoms with Crippen molar-refractivity contribution in [1.29, 1.82) is 5.26 Å². The summed E-state index contributed by atoms with van der Waals surface area (Å²) in [6, 6.07) is 10.6. The van der Waals surface area contributed by atoms with Gasteiger partial charge in [0.1, 0.15) is 6.04 Å². The summed E-state index contributed by atoms with van der Waals surface area (Å²) in [6.07, 6.45) is 4.13. The highest BCUT2D eigenvalue weighted by molar-refractivity contribution is 7.91. The Morgan fingerprint density at radius 2 is 2.00 bits per heavy atom. The number of hydrogen-bond donors (Lipinski definition) is 1. The van der Waals surface area contributed by atoms with E-state index in [1.165, 1.54) is 0 Å². The van der Waals surface area contributed by atoms with Crippen LogP contribution in [0.3, 0.4) is 0 Å². The molecule has 0 radical (unpaired) electrons. The maximum Gasteiger partial charge on any atom is 0.237 e. The quantitative estimate of drug-likeness (QED) is 0.818. The summed E-state index contributed by atoms with van der Waals surface area (Å²) in [7, 11) is -3.26. The summed E-state index contributed by atoms with van der Waals surface area (Å²) in [5, 5.41) is 12.3. The summed E-state index contributed by atoms with van der Waals surface area (Å²) in [5.41, 5.74) is 0. The fourth-order valence-corrected chi connectivity index (χ4v) is 5.67. The second-order valence-corrected chi connectivity index (χ2v) is 9.26. The van der Waals surface area contributed by atoms with Crippen LogP contribution in [0.2, 0.25) is 0 Å². The molecule has 1 amide bonds. The highest BCUT2D eigenvalue weighted by Gasteiger charge is 2.31. The van der Waals surface area contributed by atoms with Crippen molar-refractivity contribution in [3.05, 3.63) is 30.3 Å². The van der Waals surface area contributed by atoms with Crippen molar-refractivity contribution in [1.82, 2.24) is 10.2 Å². The lowest BCUT2D eigenvalue weighted by Crippen LogP contribution is -2.43. The van der Waals surface area contributed by atoms with Gasteiger partial charge in [0.15, 0.2) is 9.84 Å². The lowest BCUT2D eigenvalue weighted by molar-refractivity contribution is -0.130. The van der Waals surface area contributed by atoms with Gasteiger partial charge in [-0.3, -0.25) is 4.79 Å². The van der Waals surface area contributed by atoms with E-state index in [4.69, 9.17) is 5.26 Å². The number of nitriles is 1. The van der Waals surface area contributed by atoms with Crippen LogP contribution >= 0.6 is 0 Å². The Bertz CT molecular complexity index is 773. The predicted octanol–water partition coefficient (Wildman–Crippen LogP) is 1.73. The molecule has 0 spiro atoms. The van der Waals surface area contributed by atoms with E-state index in [-0.39, 0.29) is 36.2 Å². The number of benzene rings is 1. The van der Waals surface area contributed by atoms with Crippen molar-refractivity contribution in [3.63, 3.8) is 0 Å². The molecule has 0 unspecified atom stereocenters. The summed E-state index contributed by atoms with van der Waals surface area (Å²) in [4.78, 5) is 14.3. The number of sulfone groups is 1. The smallest absolute Gasteiger partial charge is 0.237 e. The van der Waals surface area contributed by atoms with Crippen LogP contribution < -0.4 is 5.32 Å². The molecule has 1 aromatic carbocycles. The Morgan fingerprint density at radius 3 is 2.73 bits per heavy atom. The number of nitrogens with zero attached hydrogens (tertiary/aromatic N) is 2. The fraction of sp³-hybridized carbons (Fsp3) is 0.579. The van der Waals surface area contributed by atoms with E-state index in [1.54, 1.807) is 29.2 Å². The lowest BCUT2D eigenvalue weighted by Gasteiger charge is -2.21. The minimum atomic E-state index is -3.26. The average Bonchev–Trinajstić information content (AvgIpc) is 3.29. The van der Waals surface area contributed by atoms with Gasteiger partial charge in [-0.2, -0.15) is 5.26 Å². The van der Waals surface area contributed by atoms with Crippen molar-refractivity contribution < 1.29 is 13.2 Å². The first-order chi connectivity index (χ1) is 12.5. The van der Waals surface area contributed by atoms with E-state index in [0.717, 1.165) is 32.1 Å². The van der Waals surface area contributed by atoms with Crippen LogP contribution in [0.1, 0.15) is 32.1 Å². The summed E-state index contributed by atoms with van der Waals surface area (Å²) in [5.74, 6) is 0.243. The van der Waals surface area contributed by atoms with Crippen molar-refractivity contribution in [2.24, 2.45) is 5.92 Å². The molecule has 1 heterocycles. The standard InChI is InChI=1S/C19H25N3O3S/c20-12-17-5-4-10-22(17)19(23)13-21-16-9-8-15(11-16)14-26(24,25)18-6-2-1-3-7-18/h1-3,6-7,15-17,21H,4-5,8-11,13-14H2/t15-,16-,17+/m1/s1. The largest absolute Gasteiger partial charge is 0.326 e. The molecule has 6 nitrogen and oxygen atoms in total. The first-order valence-electron chi connectivity index (χ1n) is 9.20. The fourth-order valence-electron chi connectivity index (χ4n) is 3.98. The number of nitrogens with one attached hydrogen (secondary N) is 1. The number of carbonyl (C=O) groups is 1. The Morgan fingerprint density at radius 1 is 1.23 bits per heavy atom. The molecule has 140 valence electrons. The SMILES string of the molecule is N#C[C@@H]1CCCN1C(=O)CN[C@@H]1CC[C@@H](CS(=O)(=O)c2ccccc2)C1. The molecule has 2 aliphatic rings. The van der Waals surface area contributed by atoms with E-state index in [1.807, 2.05) is 6.07 Å². The third-order valence-electron chi connectivity index (χ3n) is 5.36. The van der Waals surface area contributed by atoms with E-state index in [9.17, 15) is 13.2 Å². The van der Waals surface area contributed by atoms with Crippen molar-refractivity contribution in [2.45, 2.75) is 49.1 Å². The molecule has 1 aliphatic heterocycles. The van der Waals surface area contributed by atoms with Gasteiger partial charge in [0.05, 0.1) is 23.3 Å². The zero-order valence-corrected chi connectivity index (χ0v) is 15.6. The second kappa shape index (κ2) is 8.19. The van der Waals surface area contributed by atoms with Crippen LogP contribution in [-0.4, -0.2) is 50.2 Å². The van der Waals surface area contributed by atoms with Gasteiger partial charge in [0.25, 0.3) is 0 Å². The molecule has 1 saturated carbocycles. The molecule has 0 aromatic heterocycles. The normalized spacial score (nSPS) is 26.0. The van der Waals surface area contributed by atoms with Crippen LogP contribution in [0, 0.1) is 17.2 Å². The molecular formula is C19H25N3O3S. The third kappa shape index (κ3) is 4.43. The van der Waals surface area contributed by atoms with Crippen molar-refractivity contribution in [2.75, 3.05) is 18.8 Å². The number of carbonyl (C=O) groups excluding carboxylic acids is 1. The molecule has 3 atom stereocenters. The Kier molecular flexibility index (Phi) is 5.94. The highest BCUT2D eigenvalue weighted by atomic mass is 32.2. The van der Waals surface area contributed by atoms with Crippen molar-refractivity contribution >= 4 is 15.7 Å². The monoisotopic (exact) mass is 375 g/mol. The summed E-state index contributed by atoms with van der Waals surface area (Å²) >= 11 is 0. The molecule has 1 aliphatic carbocycles.